The smallest absolute Gasteiger partial charge is 0.295 e. The van der Waals surface area contributed by atoms with Crippen molar-refractivity contribution < 1.29 is 25.9 Å². The van der Waals surface area contributed by atoms with Crippen molar-refractivity contribution in [1.82, 2.24) is 0 Å². The summed E-state index contributed by atoms with van der Waals surface area (Å²) in [7, 11) is -9.05. The summed E-state index contributed by atoms with van der Waals surface area (Å²) in [5.41, 5.74) is 11.4. The van der Waals surface area contributed by atoms with Crippen molar-refractivity contribution in [2.75, 3.05) is 11.5 Å². The molecule has 2 aromatic carbocycles. The Morgan fingerprint density at radius 3 is 1.32 bits per heavy atom. The molecule has 1 radical (unpaired) electrons. The average molecular weight is 393 g/mol. The molecule has 2 aromatic rings. The first-order valence-electron chi connectivity index (χ1n) is 6.40. The zero-order chi connectivity index (χ0) is 18.1. The number of nitrogen functional groups attached to an aromatic ring is 2. The van der Waals surface area contributed by atoms with Crippen LogP contribution in [-0.4, -0.2) is 55.5 Å². The van der Waals surface area contributed by atoms with E-state index in [2.05, 4.69) is 0 Å². The monoisotopic (exact) mass is 393 g/mol. The van der Waals surface area contributed by atoms with Crippen LogP contribution in [0.2, 0.25) is 0 Å². The van der Waals surface area contributed by atoms with E-state index in [1.165, 1.54) is 36.4 Å². The first-order valence-corrected chi connectivity index (χ1v) is 9.28. The van der Waals surface area contributed by atoms with Gasteiger partial charge < -0.3 is 11.5 Å². The zero-order valence-corrected chi connectivity index (χ0v) is 16.8. The van der Waals surface area contributed by atoms with Gasteiger partial charge in [0.15, 0.2) is 0 Å². The summed E-state index contributed by atoms with van der Waals surface area (Å²) in [5.74, 6) is 0. The molecule has 0 atom stereocenters. The Morgan fingerprint density at radius 1 is 0.720 bits per heavy atom. The van der Waals surface area contributed by atoms with E-state index in [0.717, 1.165) is 12.1 Å². The van der Waals surface area contributed by atoms with Crippen molar-refractivity contribution >= 4 is 73.3 Å². The SMILES string of the molecule is Nc1ccc(/C=C/c2ccc(N)cc2S(=O)(=O)O)c(S(=O)(=O)O)c1.[Na]. The normalized spacial score (nSPS) is 12.1. The molecule has 0 spiro atoms. The van der Waals surface area contributed by atoms with Crippen LogP contribution in [0, 0.1) is 0 Å². The third kappa shape index (κ3) is 5.54. The third-order valence-electron chi connectivity index (χ3n) is 3.07. The van der Waals surface area contributed by atoms with Gasteiger partial charge in [0.2, 0.25) is 0 Å². The molecule has 0 aromatic heterocycles. The number of nitrogens with two attached hydrogens (primary N) is 2. The Kier molecular flexibility index (Phi) is 6.81. The Balaban J connectivity index is 0.00000312. The molecule has 0 unspecified atom stereocenters. The number of benzene rings is 2. The Morgan fingerprint density at radius 2 is 1.04 bits per heavy atom. The summed E-state index contributed by atoms with van der Waals surface area (Å²) in [5, 5.41) is 0. The van der Waals surface area contributed by atoms with E-state index in [1.807, 2.05) is 0 Å². The Labute approximate surface area is 167 Å². The maximum atomic E-state index is 11.4. The minimum absolute atomic E-state index is 0. The zero-order valence-electron chi connectivity index (χ0n) is 13.1. The molecule has 0 fully saturated rings. The molecular weight excluding hydrogens is 379 g/mol. The second-order valence-electron chi connectivity index (χ2n) is 4.88. The molecule has 2 rings (SSSR count). The fraction of sp³-hybridized carbons (Fsp3) is 0. The van der Waals surface area contributed by atoms with Crippen molar-refractivity contribution in [1.29, 1.82) is 0 Å². The molecular formula is C14H14N2NaO6S2. The first kappa shape index (κ1) is 21.6. The Bertz CT molecular complexity index is 950. The molecule has 0 amide bonds. The van der Waals surface area contributed by atoms with E-state index < -0.39 is 30.0 Å². The van der Waals surface area contributed by atoms with Crippen molar-refractivity contribution in [3.63, 3.8) is 0 Å². The van der Waals surface area contributed by atoms with Crippen LogP contribution in [0.3, 0.4) is 0 Å². The number of rotatable bonds is 4. The third-order valence-corrected chi connectivity index (χ3v) is 4.89. The summed E-state index contributed by atoms with van der Waals surface area (Å²) < 4.78 is 64.1. The molecule has 25 heavy (non-hydrogen) atoms. The van der Waals surface area contributed by atoms with Gasteiger partial charge >= 0.3 is 0 Å². The summed E-state index contributed by atoms with van der Waals surface area (Å²) in [4.78, 5) is -0.856. The van der Waals surface area contributed by atoms with Crippen LogP contribution in [0.5, 0.6) is 0 Å². The van der Waals surface area contributed by atoms with E-state index >= 15 is 0 Å². The standard InChI is InChI=1S/C14H14N2O6S2.Na/c15-11-5-3-9(13(7-11)23(17,18)19)1-2-10-4-6-12(16)8-14(10)24(20,21)22;/h1-8H,15-16H2,(H,17,18,19)(H,20,21,22);/b2-1+;. The molecule has 0 heterocycles. The van der Waals surface area contributed by atoms with Crippen LogP contribution in [0.15, 0.2) is 46.2 Å². The van der Waals surface area contributed by atoms with Gasteiger partial charge in [0.1, 0.15) is 9.79 Å². The number of anilines is 2. The topological polar surface area (TPSA) is 161 Å². The van der Waals surface area contributed by atoms with Crippen LogP contribution < -0.4 is 11.5 Å². The largest absolute Gasteiger partial charge is 0.399 e. The average Bonchev–Trinajstić information content (AvgIpc) is 2.45. The molecule has 0 aliphatic rings. The van der Waals surface area contributed by atoms with E-state index in [9.17, 15) is 25.9 Å². The maximum absolute atomic E-state index is 11.4. The van der Waals surface area contributed by atoms with Crippen molar-refractivity contribution in [3.05, 3.63) is 47.5 Å². The number of hydrogen-bond acceptors (Lipinski definition) is 6. The van der Waals surface area contributed by atoms with Gasteiger partial charge in [-0.25, -0.2) is 0 Å². The van der Waals surface area contributed by atoms with Gasteiger partial charge in [-0.3, -0.25) is 9.11 Å². The molecule has 0 aliphatic carbocycles. The summed E-state index contributed by atoms with van der Waals surface area (Å²) >= 11 is 0. The van der Waals surface area contributed by atoms with Crippen LogP contribution >= 0.6 is 0 Å². The second kappa shape index (κ2) is 7.87. The molecule has 11 heteroatoms. The maximum Gasteiger partial charge on any atom is 0.295 e. The summed E-state index contributed by atoms with van der Waals surface area (Å²) in [6.45, 7) is 0. The van der Waals surface area contributed by atoms with Crippen LogP contribution in [0.25, 0.3) is 12.2 Å². The van der Waals surface area contributed by atoms with Gasteiger partial charge in [0, 0.05) is 40.9 Å². The Hall–Kier alpha value is -1.40. The fourth-order valence-corrected chi connectivity index (χ4v) is 3.44. The summed E-state index contributed by atoms with van der Waals surface area (Å²) in [6.07, 6.45) is 2.53. The van der Waals surface area contributed by atoms with Gasteiger partial charge in [-0.15, -0.1) is 0 Å². The molecule has 0 bridgehead atoms. The minimum Gasteiger partial charge on any atom is -0.399 e. The molecule has 0 saturated heterocycles. The van der Waals surface area contributed by atoms with E-state index in [0.29, 0.717) is 0 Å². The van der Waals surface area contributed by atoms with E-state index in [4.69, 9.17) is 11.5 Å². The number of hydrogen-bond donors (Lipinski definition) is 4. The predicted molar refractivity (Wildman–Crippen MR) is 96.0 cm³/mol. The fourth-order valence-electron chi connectivity index (χ4n) is 2.00. The molecule has 0 aliphatic heterocycles. The quantitative estimate of drug-likeness (QED) is 0.260. The van der Waals surface area contributed by atoms with Crippen molar-refractivity contribution in [2.24, 2.45) is 0 Å². The van der Waals surface area contributed by atoms with Crippen LogP contribution in [0.1, 0.15) is 11.1 Å². The second-order valence-corrected chi connectivity index (χ2v) is 7.66. The van der Waals surface area contributed by atoms with Gasteiger partial charge in [-0.05, 0) is 35.4 Å². The van der Waals surface area contributed by atoms with Crippen LogP contribution in [0.4, 0.5) is 11.4 Å². The van der Waals surface area contributed by atoms with Gasteiger partial charge in [0.25, 0.3) is 20.2 Å². The molecule has 6 N–H and O–H groups in total. The molecule has 8 nitrogen and oxygen atoms in total. The first-order chi connectivity index (χ1) is 11.0. The van der Waals surface area contributed by atoms with Crippen molar-refractivity contribution in [2.45, 2.75) is 9.79 Å². The predicted octanol–water partition coefficient (Wildman–Crippen LogP) is 1.13. The van der Waals surface area contributed by atoms with Gasteiger partial charge in [-0.2, -0.15) is 16.8 Å². The van der Waals surface area contributed by atoms with Crippen LogP contribution in [-0.2, 0) is 20.2 Å². The van der Waals surface area contributed by atoms with Gasteiger partial charge in [-0.1, -0.05) is 24.3 Å². The minimum atomic E-state index is -4.52. The molecule has 0 saturated carbocycles. The molecule has 129 valence electrons. The summed E-state index contributed by atoms with van der Waals surface area (Å²) in [6, 6.07) is 7.67. The van der Waals surface area contributed by atoms with Crippen molar-refractivity contribution in [3.8, 4) is 0 Å². The van der Waals surface area contributed by atoms with E-state index in [1.54, 1.807) is 0 Å². The van der Waals surface area contributed by atoms with E-state index in [-0.39, 0.29) is 52.1 Å². The van der Waals surface area contributed by atoms with Gasteiger partial charge in [0.05, 0.1) is 0 Å².